The molecule has 0 saturated carbocycles. The number of carbonyl (C=O) groups excluding carboxylic acids is 2. The van der Waals surface area contributed by atoms with Crippen LogP contribution in [0.25, 0.3) is 0 Å². The number of nitrogens with zero attached hydrogens (tertiary/aromatic N) is 3. The Hall–Kier alpha value is -2.21. The lowest BCUT2D eigenvalue weighted by molar-refractivity contribution is -0.144. The standard InChI is InChI=1S/C22H27N3O3/c1-14(2)25-13-22-8-3-17(28-22)18(19(22)21(25)27)20(26)24-11-6-16(7-12-24)15-4-9-23-10-5-15/h3-5,8-10,14,16-19H,6-7,11-13H2,1-2H3/t17-,18-,19+,22+/m0/s1. The Morgan fingerprint density at radius 3 is 2.64 bits per heavy atom. The van der Waals surface area contributed by atoms with Crippen LogP contribution in [0.15, 0.2) is 36.7 Å². The molecule has 0 aliphatic carbocycles. The molecule has 4 atom stereocenters. The maximum Gasteiger partial charge on any atom is 0.230 e. The fourth-order valence-corrected chi connectivity index (χ4v) is 5.53. The van der Waals surface area contributed by atoms with Gasteiger partial charge in [-0.2, -0.15) is 0 Å². The second kappa shape index (κ2) is 6.41. The van der Waals surface area contributed by atoms with E-state index in [1.54, 1.807) is 0 Å². The predicted octanol–water partition coefficient (Wildman–Crippen LogP) is 1.98. The minimum atomic E-state index is -0.596. The van der Waals surface area contributed by atoms with Gasteiger partial charge in [-0.3, -0.25) is 14.6 Å². The highest BCUT2D eigenvalue weighted by Gasteiger charge is 2.67. The minimum Gasteiger partial charge on any atom is -0.360 e. The maximum atomic E-state index is 13.4. The summed E-state index contributed by atoms with van der Waals surface area (Å²) in [7, 11) is 0. The number of hydrogen-bond donors (Lipinski definition) is 0. The highest BCUT2D eigenvalue weighted by Crippen LogP contribution is 2.52. The van der Waals surface area contributed by atoms with Crippen LogP contribution in [0.5, 0.6) is 0 Å². The third kappa shape index (κ3) is 2.54. The number of amides is 2. The number of hydrogen-bond acceptors (Lipinski definition) is 4. The van der Waals surface area contributed by atoms with Crippen molar-refractivity contribution >= 4 is 11.8 Å². The Morgan fingerprint density at radius 1 is 1.25 bits per heavy atom. The molecular weight excluding hydrogens is 354 g/mol. The topological polar surface area (TPSA) is 62.7 Å². The van der Waals surface area contributed by atoms with E-state index in [0.717, 1.165) is 25.9 Å². The first-order valence-electron chi connectivity index (χ1n) is 10.4. The molecule has 3 saturated heterocycles. The lowest BCUT2D eigenvalue weighted by atomic mass is 9.76. The number of aromatic nitrogens is 1. The van der Waals surface area contributed by atoms with Gasteiger partial charge in [-0.15, -0.1) is 0 Å². The Bertz CT molecular complexity index is 816. The van der Waals surface area contributed by atoms with Crippen LogP contribution in [0.3, 0.4) is 0 Å². The summed E-state index contributed by atoms with van der Waals surface area (Å²) in [6, 6.07) is 4.26. The summed E-state index contributed by atoms with van der Waals surface area (Å²) in [6.07, 6.45) is 9.34. The van der Waals surface area contributed by atoms with Gasteiger partial charge in [0.15, 0.2) is 0 Å². The van der Waals surface area contributed by atoms with Crippen molar-refractivity contribution < 1.29 is 14.3 Å². The lowest BCUT2D eigenvalue weighted by Gasteiger charge is -2.35. The zero-order chi connectivity index (χ0) is 19.5. The molecule has 5 heterocycles. The van der Waals surface area contributed by atoms with Crippen molar-refractivity contribution in [1.82, 2.24) is 14.8 Å². The Kier molecular flexibility index (Phi) is 4.09. The first-order chi connectivity index (χ1) is 13.5. The Balaban J connectivity index is 1.31. The highest BCUT2D eigenvalue weighted by molar-refractivity contribution is 5.93. The molecular formula is C22H27N3O3. The number of piperidine rings is 1. The van der Waals surface area contributed by atoms with Crippen molar-refractivity contribution in [2.24, 2.45) is 11.8 Å². The third-order valence-electron chi connectivity index (χ3n) is 7.02. The molecule has 2 amide bonds. The van der Waals surface area contributed by atoms with Crippen LogP contribution in [0.1, 0.15) is 38.2 Å². The number of pyridine rings is 1. The Labute approximate surface area is 165 Å². The highest BCUT2D eigenvalue weighted by atomic mass is 16.5. The fraction of sp³-hybridized carbons (Fsp3) is 0.591. The van der Waals surface area contributed by atoms with E-state index in [2.05, 4.69) is 17.1 Å². The van der Waals surface area contributed by atoms with Gasteiger partial charge in [0.1, 0.15) is 5.60 Å². The summed E-state index contributed by atoms with van der Waals surface area (Å²) in [5, 5.41) is 0. The molecule has 0 unspecified atom stereocenters. The van der Waals surface area contributed by atoms with Crippen LogP contribution in [0.2, 0.25) is 0 Å². The summed E-state index contributed by atoms with van der Waals surface area (Å²) >= 11 is 0. The van der Waals surface area contributed by atoms with Crippen LogP contribution < -0.4 is 0 Å². The Morgan fingerprint density at radius 2 is 1.96 bits per heavy atom. The van der Waals surface area contributed by atoms with Crippen molar-refractivity contribution in [2.75, 3.05) is 19.6 Å². The molecule has 5 rings (SSSR count). The van der Waals surface area contributed by atoms with E-state index in [0.29, 0.717) is 12.5 Å². The van der Waals surface area contributed by atoms with Crippen LogP contribution in [0.4, 0.5) is 0 Å². The van der Waals surface area contributed by atoms with Gasteiger partial charge >= 0.3 is 0 Å². The van der Waals surface area contributed by atoms with Gasteiger partial charge in [0.05, 0.1) is 24.5 Å². The summed E-state index contributed by atoms with van der Waals surface area (Å²) in [5.41, 5.74) is 0.701. The number of rotatable bonds is 3. The molecule has 1 aromatic heterocycles. The quantitative estimate of drug-likeness (QED) is 0.751. The number of fused-ring (bicyclic) bond motifs is 1. The minimum absolute atomic E-state index is 0.0758. The fourth-order valence-electron chi connectivity index (χ4n) is 5.53. The molecule has 1 spiro atoms. The first-order valence-corrected chi connectivity index (χ1v) is 10.4. The van der Waals surface area contributed by atoms with Crippen LogP contribution >= 0.6 is 0 Å². The lowest BCUT2D eigenvalue weighted by Crippen LogP contribution is -2.48. The van der Waals surface area contributed by atoms with E-state index in [1.807, 2.05) is 48.2 Å². The van der Waals surface area contributed by atoms with E-state index in [1.165, 1.54) is 5.56 Å². The summed E-state index contributed by atoms with van der Waals surface area (Å²) < 4.78 is 6.22. The number of ether oxygens (including phenoxy) is 1. The van der Waals surface area contributed by atoms with Gasteiger partial charge in [-0.1, -0.05) is 12.2 Å². The normalized spacial score (nSPS) is 34.5. The van der Waals surface area contributed by atoms with Gasteiger partial charge in [0, 0.05) is 31.5 Å². The van der Waals surface area contributed by atoms with Gasteiger partial charge in [-0.05, 0) is 50.3 Å². The van der Waals surface area contributed by atoms with Crippen LogP contribution in [0, 0.1) is 11.8 Å². The van der Waals surface area contributed by atoms with Crippen molar-refractivity contribution in [3.8, 4) is 0 Å². The molecule has 0 aromatic carbocycles. The van der Waals surface area contributed by atoms with E-state index in [9.17, 15) is 9.59 Å². The maximum absolute atomic E-state index is 13.4. The molecule has 4 aliphatic rings. The zero-order valence-corrected chi connectivity index (χ0v) is 16.5. The molecule has 1 aromatic rings. The van der Waals surface area contributed by atoms with Crippen LogP contribution in [-0.2, 0) is 14.3 Å². The smallest absolute Gasteiger partial charge is 0.230 e. The SMILES string of the molecule is CC(C)N1C[C@@]23C=C[C@H](O2)[C@H](C(=O)N2CCC(c4ccncc4)CC2)[C@@H]3C1=O. The second-order valence-electron chi connectivity index (χ2n) is 8.84. The first kappa shape index (κ1) is 17.9. The molecule has 0 N–H and O–H groups in total. The van der Waals surface area contributed by atoms with E-state index in [-0.39, 0.29) is 35.8 Å². The summed E-state index contributed by atoms with van der Waals surface area (Å²) in [4.78, 5) is 34.4. The molecule has 4 aliphatic heterocycles. The average molecular weight is 381 g/mol. The van der Waals surface area contributed by atoms with Gasteiger partial charge < -0.3 is 14.5 Å². The van der Waals surface area contributed by atoms with Crippen LogP contribution in [-0.4, -0.2) is 64.0 Å². The molecule has 0 radical (unpaired) electrons. The monoisotopic (exact) mass is 381 g/mol. The molecule has 28 heavy (non-hydrogen) atoms. The molecule has 3 fully saturated rings. The van der Waals surface area contributed by atoms with E-state index in [4.69, 9.17) is 4.74 Å². The summed E-state index contributed by atoms with van der Waals surface area (Å²) in [6.45, 7) is 6.08. The molecule has 6 heteroatoms. The molecule has 2 bridgehead atoms. The average Bonchev–Trinajstić information content (AvgIpc) is 3.36. The molecule has 148 valence electrons. The van der Waals surface area contributed by atoms with Gasteiger partial charge in [0.2, 0.25) is 11.8 Å². The van der Waals surface area contributed by atoms with E-state index < -0.39 is 5.60 Å². The largest absolute Gasteiger partial charge is 0.360 e. The zero-order valence-electron chi connectivity index (χ0n) is 16.5. The van der Waals surface area contributed by atoms with Gasteiger partial charge in [0.25, 0.3) is 0 Å². The van der Waals surface area contributed by atoms with E-state index >= 15 is 0 Å². The molecule has 6 nitrogen and oxygen atoms in total. The number of likely N-dealkylation sites (tertiary alicyclic amines) is 2. The third-order valence-corrected chi connectivity index (χ3v) is 7.02. The predicted molar refractivity (Wildman–Crippen MR) is 103 cm³/mol. The van der Waals surface area contributed by atoms with Crippen molar-refractivity contribution in [3.63, 3.8) is 0 Å². The van der Waals surface area contributed by atoms with Gasteiger partial charge in [-0.25, -0.2) is 0 Å². The van der Waals surface area contributed by atoms with Crippen molar-refractivity contribution in [2.45, 2.75) is 50.4 Å². The van der Waals surface area contributed by atoms with Crippen molar-refractivity contribution in [3.05, 3.63) is 42.2 Å². The number of carbonyl (C=O) groups is 2. The second-order valence-corrected chi connectivity index (χ2v) is 8.84. The van der Waals surface area contributed by atoms with Crippen molar-refractivity contribution in [1.29, 1.82) is 0 Å². The summed E-state index contributed by atoms with van der Waals surface area (Å²) in [5.74, 6) is -0.103.